The van der Waals surface area contributed by atoms with Crippen LogP contribution in [0.2, 0.25) is 0 Å². The Morgan fingerprint density at radius 1 is 1.21 bits per heavy atom. The zero-order valence-electron chi connectivity index (χ0n) is 15.6. The highest BCUT2D eigenvalue weighted by Gasteiger charge is 2.17. The molecule has 1 aromatic heterocycles. The molecule has 0 bridgehead atoms. The summed E-state index contributed by atoms with van der Waals surface area (Å²) in [6, 6.07) is 18.7. The number of rotatable bonds is 7. The molecule has 0 radical (unpaired) electrons. The topological polar surface area (TPSA) is 117 Å². The summed E-state index contributed by atoms with van der Waals surface area (Å²) in [5.41, 5.74) is 2.36. The SMILES string of the molecule is Cc1ccccc1-n1nnnc1SCC(O)=C(C#N)C(=O)NCc1ccccc1. The predicted octanol–water partition coefficient (Wildman–Crippen LogP) is 2.71. The minimum absolute atomic E-state index is 0.0199. The molecule has 29 heavy (non-hydrogen) atoms. The molecule has 3 aromatic rings. The highest BCUT2D eigenvalue weighted by molar-refractivity contribution is 7.99. The van der Waals surface area contributed by atoms with Crippen molar-refractivity contribution in [3.63, 3.8) is 0 Å². The van der Waals surface area contributed by atoms with Crippen molar-refractivity contribution in [1.82, 2.24) is 25.5 Å². The first-order valence-electron chi connectivity index (χ1n) is 8.71. The van der Waals surface area contributed by atoms with Crippen molar-refractivity contribution >= 4 is 17.7 Å². The maximum Gasteiger partial charge on any atom is 0.265 e. The second kappa shape index (κ2) is 9.52. The van der Waals surface area contributed by atoms with Gasteiger partial charge in [-0.2, -0.15) is 9.94 Å². The van der Waals surface area contributed by atoms with Crippen molar-refractivity contribution in [2.45, 2.75) is 18.6 Å². The smallest absolute Gasteiger partial charge is 0.265 e. The van der Waals surface area contributed by atoms with E-state index in [1.807, 2.05) is 61.5 Å². The van der Waals surface area contributed by atoms with Gasteiger partial charge in [-0.1, -0.05) is 60.3 Å². The lowest BCUT2D eigenvalue weighted by molar-refractivity contribution is -0.117. The third kappa shape index (κ3) is 5.00. The number of aliphatic hydroxyl groups excluding tert-OH is 1. The quantitative estimate of drug-likeness (QED) is 0.268. The molecule has 2 N–H and O–H groups in total. The normalized spacial score (nSPS) is 11.4. The van der Waals surface area contributed by atoms with E-state index in [-0.39, 0.29) is 23.6 Å². The predicted molar refractivity (Wildman–Crippen MR) is 108 cm³/mol. The molecule has 1 heterocycles. The Labute approximate surface area is 171 Å². The van der Waals surface area contributed by atoms with Gasteiger partial charge < -0.3 is 10.4 Å². The first-order valence-corrected chi connectivity index (χ1v) is 9.70. The van der Waals surface area contributed by atoms with Crippen LogP contribution in [0.4, 0.5) is 0 Å². The van der Waals surface area contributed by atoms with E-state index in [0.717, 1.165) is 28.6 Å². The lowest BCUT2D eigenvalue weighted by Gasteiger charge is -2.08. The van der Waals surface area contributed by atoms with Gasteiger partial charge in [-0.05, 0) is 34.5 Å². The van der Waals surface area contributed by atoms with Crippen molar-refractivity contribution in [1.29, 1.82) is 5.26 Å². The number of hydrogen-bond acceptors (Lipinski definition) is 7. The van der Waals surface area contributed by atoms with Gasteiger partial charge in [-0.25, -0.2) is 0 Å². The summed E-state index contributed by atoms with van der Waals surface area (Å²) in [6.07, 6.45) is 0. The molecule has 0 saturated carbocycles. The van der Waals surface area contributed by atoms with E-state index in [1.165, 1.54) is 0 Å². The molecule has 0 aliphatic carbocycles. The fourth-order valence-electron chi connectivity index (χ4n) is 2.54. The van der Waals surface area contributed by atoms with Crippen LogP contribution in [-0.4, -0.2) is 37.0 Å². The van der Waals surface area contributed by atoms with Gasteiger partial charge in [0, 0.05) is 6.54 Å². The maximum absolute atomic E-state index is 12.3. The molecule has 0 fully saturated rings. The van der Waals surface area contributed by atoms with Gasteiger partial charge in [-0.15, -0.1) is 5.10 Å². The number of nitriles is 1. The van der Waals surface area contributed by atoms with E-state index in [1.54, 1.807) is 10.8 Å². The summed E-state index contributed by atoms with van der Waals surface area (Å²) in [5.74, 6) is -0.983. The van der Waals surface area contributed by atoms with Crippen molar-refractivity contribution in [3.8, 4) is 11.8 Å². The Morgan fingerprint density at radius 2 is 1.93 bits per heavy atom. The van der Waals surface area contributed by atoms with Crippen molar-refractivity contribution in [2.24, 2.45) is 0 Å². The molecule has 0 saturated heterocycles. The highest BCUT2D eigenvalue weighted by atomic mass is 32.2. The Balaban J connectivity index is 1.69. The van der Waals surface area contributed by atoms with E-state index in [0.29, 0.717) is 5.16 Å². The minimum Gasteiger partial charge on any atom is -0.510 e. The maximum atomic E-state index is 12.3. The molecule has 9 heteroatoms. The number of aryl methyl sites for hydroxylation is 1. The summed E-state index contributed by atoms with van der Waals surface area (Å²) in [6.45, 7) is 2.20. The third-order valence-electron chi connectivity index (χ3n) is 4.05. The number of tetrazole rings is 1. The lowest BCUT2D eigenvalue weighted by Crippen LogP contribution is -2.25. The van der Waals surface area contributed by atoms with Crippen molar-refractivity contribution < 1.29 is 9.90 Å². The van der Waals surface area contributed by atoms with Gasteiger partial charge in [0.1, 0.15) is 11.8 Å². The minimum atomic E-state index is -0.632. The summed E-state index contributed by atoms with van der Waals surface area (Å²) in [7, 11) is 0. The van der Waals surface area contributed by atoms with E-state index in [9.17, 15) is 15.2 Å². The first kappa shape index (κ1) is 20.1. The van der Waals surface area contributed by atoms with Crippen LogP contribution in [-0.2, 0) is 11.3 Å². The zero-order valence-corrected chi connectivity index (χ0v) is 16.4. The third-order valence-corrected chi connectivity index (χ3v) is 4.98. The second-order valence-corrected chi connectivity index (χ2v) is 6.99. The number of hydrogen-bond donors (Lipinski definition) is 2. The summed E-state index contributed by atoms with van der Waals surface area (Å²) in [4.78, 5) is 12.3. The van der Waals surface area contributed by atoms with E-state index >= 15 is 0 Å². The van der Waals surface area contributed by atoms with Crippen LogP contribution in [0.1, 0.15) is 11.1 Å². The molecule has 146 valence electrons. The van der Waals surface area contributed by atoms with Crippen LogP contribution in [0, 0.1) is 18.3 Å². The molecular weight excluding hydrogens is 388 g/mol. The number of nitrogens with zero attached hydrogens (tertiary/aromatic N) is 5. The molecule has 0 atom stereocenters. The first-order chi connectivity index (χ1) is 14.1. The standard InChI is InChI=1S/C20H18N6O2S/c1-14-7-5-6-10-17(14)26-20(23-24-25-26)29-13-18(27)16(11-21)19(28)22-12-15-8-3-2-4-9-15/h2-10,27H,12-13H2,1H3,(H,22,28). The molecular formula is C20H18N6O2S. The Kier molecular flexibility index (Phi) is 6.60. The zero-order chi connectivity index (χ0) is 20.6. The molecule has 0 unspecified atom stereocenters. The van der Waals surface area contributed by atoms with Gasteiger partial charge in [-0.3, -0.25) is 4.79 Å². The Bertz CT molecular complexity index is 1070. The summed E-state index contributed by atoms with van der Waals surface area (Å²) >= 11 is 1.13. The van der Waals surface area contributed by atoms with Crippen molar-refractivity contribution in [3.05, 3.63) is 77.1 Å². The van der Waals surface area contributed by atoms with Crippen LogP contribution in [0.3, 0.4) is 0 Å². The average molecular weight is 406 g/mol. The summed E-state index contributed by atoms with van der Waals surface area (Å²) in [5, 5.41) is 34.3. The highest BCUT2D eigenvalue weighted by Crippen LogP contribution is 2.22. The monoisotopic (exact) mass is 406 g/mol. The fraction of sp³-hybridized carbons (Fsp3) is 0.150. The van der Waals surface area contributed by atoms with Crippen LogP contribution < -0.4 is 5.32 Å². The molecule has 1 amide bonds. The number of amides is 1. The number of nitrogens with one attached hydrogen (secondary N) is 1. The molecule has 0 aliphatic rings. The van der Waals surface area contributed by atoms with Gasteiger partial charge in [0.15, 0.2) is 5.57 Å². The van der Waals surface area contributed by atoms with Gasteiger partial charge >= 0.3 is 0 Å². The number of aliphatic hydroxyl groups is 1. The lowest BCUT2D eigenvalue weighted by atomic mass is 10.2. The number of carbonyl (C=O) groups is 1. The molecule has 2 aromatic carbocycles. The van der Waals surface area contributed by atoms with Gasteiger partial charge in [0.2, 0.25) is 5.16 Å². The molecule has 3 rings (SSSR count). The van der Waals surface area contributed by atoms with Crippen LogP contribution >= 0.6 is 11.8 Å². The van der Waals surface area contributed by atoms with Crippen LogP contribution in [0.25, 0.3) is 5.69 Å². The van der Waals surface area contributed by atoms with Gasteiger partial charge in [0.05, 0.1) is 11.4 Å². The fourth-order valence-corrected chi connectivity index (χ4v) is 3.30. The molecule has 0 spiro atoms. The van der Waals surface area contributed by atoms with Crippen LogP contribution in [0.15, 0.2) is 71.1 Å². The van der Waals surface area contributed by atoms with Gasteiger partial charge in [0.25, 0.3) is 5.91 Å². The van der Waals surface area contributed by atoms with E-state index < -0.39 is 5.91 Å². The number of para-hydroxylation sites is 1. The number of aromatic nitrogens is 4. The molecule has 8 nitrogen and oxygen atoms in total. The van der Waals surface area contributed by atoms with E-state index in [4.69, 9.17) is 0 Å². The number of carbonyl (C=O) groups excluding carboxylic acids is 1. The van der Waals surface area contributed by atoms with Crippen LogP contribution in [0.5, 0.6) is 0 Å². The van der Waals surface area contributed by atoms with Crippen molar-refractivity contribution in [2.75, 3.05) is 5.75 Å². The number of thioether (sulfide) groups is 1. The van der Waals surface area contributed by atoms with E-state index in [2.05, 4.69) is 20.8 Å². The Morgan fingerprint density at radius 3 is 2.66 bits per heavy atom. The largest absolute Gasteiger partial charge is 0.510 e. The average Bonchev–Trinajstić information content (AvgIpc) is 3.20. The Hall–Kier alpha value is -3.64. The molecule has 0 aliphatic heterocycles. The second-order valence-electron chi connectivity index (χ2n) is 6.05. The number of benzene rings is 2. The summed E-state index contributed by atoms with van der Waals surface area (Å²) < 4.78 is 1.55.